The predicted molar refractivity (Wildman–Crippen MR) is 129 cm³/mol. The van der Waals surface area contributed by atoms with E-state index in [2.05, 4.69) is 85.2 Å². The molecule has 0 saturated carbocycles. The van der Waals surface area contributed by atoms with Crippen LogP contribution in [0.15, 0.2) is 42.1 Å². The molecule has 3 amide bonds. The van der Waals surface area contributed by atoms with Gasteiger partial charge in [-0.3, -0.25) is 9.69 Å². The van der Waals surface area contributed by atoms with Gasteiger partial charge in [-0.05, 0) is 116 Å². The number of imide groups is 1. The third-order valence-electron chi connectivity index (χ3n) is 3.91. The summed E-state index contributed by atoms with van der Waals surface area (Å²) in [4.78, 5) is 25.2. The number of nitrogens with zero attached hydrogens (tertiary/aromatic N) is 1. The van der Waals surface area contributed by atoms with Crippen molar-refractivity contribution in [2.45, 2.75) is 13.5 Å². The highest BCUT2D eigenvalue weighted by molar-refractivity contribution is 14.1. The zero-order valence-electron chi connectivity index (χ0n) is 14.3. The lowest BCUT2D eigenvalue weighted by Crippen LogP contribution is -2.30. The number of hydrogen-bond donors (Lipinski definition) is 1. The normalized spacial score (nSPS) is 15.4. The van der Waals surface area contributed by atoms with Crippen molar-refractivity contribution in [3.05, 3.63) is 63.9 Å². The van der Waals surface area contributed by atoms with Gasteiger partial charge in [0.1, 0.15) is 18.1 Å². The van der Waals surface area contributed by atoms with Gasteiger partial charge in [0.05, 0.1) is 7.14 Å². The molecule has 5 nitrogen and oxygen atoms in total. The zero-order chi connectivity index (χ0) is 19.6. The summed E-state index contributed by atoms with van der Waals surface area (Å²) < 4.78 is 9.09. The van der Waals surface area contributed by atoms with Crippen LogP contribution in [0.5, 0.6) is 5.75 Å². The minimum absolute atomic E-state index is 0.293. The molecule has 0 bridgehead atoms. The summed E-state index contributed by atoms with van der Waals surface area (Å²) in [6.07, 6.45) is 1.70. The highest BCUT2D eigenvalue weighted by Crippen LogP contribution is 2.31. The van der Waals surface area contributed by atoms with Crippen molar-refractivity contribution in [1.82, 2.24) is 10.2 Å². The van der Waals surface area contributed by atoms with Crippen molar-refractivity contribution in [1.29, 1.82) is 0 Å². The molecule has 1 aliphatic rings. The number of rotatable bonds is 5. The fourth-order valence-electron chi connectivity index (χ4n) is 2.56. The number of carbonyl (C=O) groups excluding carboxylic acids is 2. The molecular formula is C19H15I3N2O3. The molecule has 0 spiro atoms. The van der Waals surface area contributed by atoms with Crippen molar-refractivity contribution in [3.8, 4) is 5.75 Å². The van der Waals surface area contributed by atoms with Gasteiger partial charge in [0.25, 0.3) is 5.91 Å². The molecule has 3 rings (SSSR count). The molecule has 0 radical (unpaired) electrons. The molecule has 1 heterocycles. The van der Waals surface area contributed by atoms with Gasteiger partial charge >= 0.3 is 6.03 Å². The van der Waals surface area contributed by atoms with Gasteiger partial charge in [0, 0.05) is 10.1 Å². The maximum absolute atomic E-state index is 12.2. The molecule has 0 atom stereocenters. The lowest BCUT2D eigenvalue weighted by molar-refractivity contribution is -0.122. The van der Waals surface area contributed by atoms with Crippen LogP contribution in [0.25, 0.3) is 6.08 Å². The van der Waals surface area contributed by atoms with E-state index in [1.165, 1.54) is 8.47 Å². The fourth-order valence-corrected chi connectivity index (χ4v) is 5.05. The Labute approximate surface area is 198 Å². The van der Waals surface area contributed by atoms with Crippen molar-refractivity contribution in [3.63, 3.8) is 0 Å². The van der Waals surface area contributed by atoms with E-state index in [0.717, 1.165) is 24.0 Å². The molecule has 1 saturated heterocycles. The summed E-state index contributed by atoms with van der Waals surface area (Å²) in [6, 6.07) is 11.7. The molecule has 8 heteroatoms. The summed E-state index contributed by atoms with van der Waals surface area (Å²) >= 11 is 6.72. The average molecular weight is 700 g/mol. The van der Waals surface area contributed by atoms with E-state index >= 15 is 0 Å². The summed E-state index contributed by atoms with van der Waals surface area (Å²) in [7, 11) is 0. The van der Waals surface area contributed by atoms with Crippen LogP contribution in [-0.4, -0.2) is 23.4 Å². The van der Waals surface area contributed by atoms with Crippen LogP contribution in [0.1, 0.15) is 18.1 Å². The second-order valence-corrected chi connectivity index (χ2v) is 9.34. The van der Waals surface area contributed by atoms with Crippen LogP contribution >= 0.6 is 67.8 Å². The first kappa shape index (κ1) is 20.8. The topological polar surface area (TPSA) is 58.6 Å². The van der Waals surface area contributed by atoms with E-state index in [-0.39, 0.29) is 11.9 Å². The number of likely N-dealkylation sites (N-methyl/N-ethyl adjacent to an activating group) is 1. The third kappa shape index (κ3) is 4.94. The zero-order valence-corrected chi connectivity index (χ0v) is 20.7. The predicted octanol–water partition coefficient (Wildman–Crippen LogP) is 4.99. The lowest BCUT2D eigenvalue weighted by Gasteiger charge is -2.12. The van der Waals surface area contributed by atoms with Gasteiger partial charge in [-0.15, -0.1) is 0 Å². The van der Waals surface area contributed by atoms with Gasteiger partial charge in [-0.25, -0.2) is 4.79 Å². The Morgan fingerprint density at radius 1 is 1.07 bits per heavy atom. The van der Waals surface area contributed by atoms with E-state index < -0.39 is 0 Å². The molecule has 0 aromatic heterocycles. The number of carbonyl (C=O) groups is 2. The first-order chi connectivity index (χ1) is 12.9. The maximum atomic E-state index is 12.2. The largest absolute Gasteiger partial charge is 0.487 e. The molecule has 2 aromatic rings. The Morgan fingerprint density at radius 3 is 2.26 bits per heavy atom. The van der Waals surface area contributed by atoms with Crippen molar-refractivity contribution < 1.29 is 14.3 Å². The van der Waals surface area contributed by atoms with Gasteiger partial charge < -0.3 is 10.1 Å². The molecule has 27 heavy (non-hydrogen) atoms. The van der Waals surface area contributed by atoms with Gasteiger partial charge in [-0.1, -0.05) is 12.1 Å². The second kappa shape index (κ2) is 9.07. The Balaban J connectivity index is 1.79. The van der Waals surface area contributed by atoms with Gasteiger partial charge in [0.2, 0.25) is 0 Å². The van der Waals surface area contributed by atoms with E-state index in [9.17, 15) is 9.59 Å². The van der Waals surface area contributed by atoms with Crippen LogP contribution in [0.4, 0.5) is 4.79 Å². The van der Waals surface area contributed by atoms with Crippen molar-refractivity contribution in [2.75, 3.05) is 6.54 Å². The SMILES string of the molecule is CCN1C(=O)N/C(=C/c2cc(I)c(OCc3ccc(I)cc3)c(I)c2)C1=O. The first-order valence-electron chi connectivity index (χ1n) is 8.10. The molecule has 0 aliphatic carbocycles. The third-order valence-corrected chi connectivity index (χ3v) is 6.23. The molecule has 1 N–H and O–H groups in total. The van der Waals surface area contributed by atoms with Gasteiger partial charge in [-0.2, -0.15) is 0 Å². The Kier molecular flexibility index (Phi) is 7.00. The molecule has 0 unspecified atom stereocenters. The van der Waals surface area contributed by atoms with Crippen LogP contribution in [0, 0.1) is 10.7 Å². The quantitative estimate of drug-likeness (QED) is 0.272. The standard InChI is InChI=1S/C19H15I3N2O3/c1-2-24-18(25)16(23-19(24)26)9-12-7-14(21)17(15(22)8-12)27-10-11-3-5-13(20)6-4-11/h3-9H,2,10H2,1H3,(H,23,26)/b16-9+. The summed E-state index contributed by atoms with van der Waals surface area (Å²) in [5.41, 5.74) is 2.24. The number of ether oxygens (including phenoxy) is 1. The minimum atomic E-state index is -0.379. The van der Waals surface area contributed by atoms with E-state index in [1.54, 1.807) is 13.0 Å². The molecular weight excluding hydrogens is 685 g/mol. The minimum Gasteiger partial charge on any atom is -0.487 e. The molecule has 1 aliphatic heterocycles. The number of nitrogens with one attached hydrogen (secondary N) is 1. The van der Waals surface area contributed by atoms with Crippen molar-refractivity contribution >= 4 is 85.8 Å². The van der Waals surface area contributed by atoms with Crippen LogP contribution in [-0.2, 0) is 11.4 Å². The van der Waals surface area contributed by atoms with Crippen molar-refractivity contribution in [2.24, 2.45) is 0 Å². The van der Waals surface area contributed by atoms with E-state index in [0.29, 0.717) is 18.8 Å². The van der Waals surface area contributed by atoms with Crippen LogP contribution in [0.2, 0.25) is 0 Å². The number of hydrogen-bond acceptors (Lipinski definition) is 3. The first-order valence-corrected chi connectivity index (χ1v) is 11.3. The molecule has 140 valence electrons. The molecule has 1 fully saturated rings. The Hall–Kier alpha value is -0.890. The average Bonchev–Trinajstić information content (AvgIpc) is 2.88. The monoisotopic (exact) mass is 700 g/mol. The smallest absolute Gasteiger partial charge is 0.328 e. The maximum Gasteiger partial charge on any atom is 0.328 e. The van der Waals surface area contributed by atoms with E-state index in [1.807, 2.05) is 24.3 Å². The number of halogens is 3. The number of amides is 3. The summed E-state index contributed by atoms with van der Waals surface area (Å²) in [6.45, 7) is 2.61. The highest BCUT2D eigenvalue weighted by Gasteiger charge is 2.32. The van der Waals surface area contributed by atoms with Crippen LogP contribution < -0.4 is 10.1 Å². The lowest BCUT2D eigenvalue weighted by atomic mass is 10.2. The molecule has 2 aromatic carbocycles. The number of benzene rings is 2. The highest BCUT2D eigenvalue weighted by atomic mass is 127. The second-order valence-electron chi connectivity index (χ2n) is 5.77. The fraction of sp³-hybridized carbons (Fsp3) is 0.158. The summed E-state index contributed by atoms with van der Waals surface area (Å²) in [5.74, 6) is 0.514. The van der Waals surface area contributed by atoms with Crippen LogP contribution in [0.3, 0.4) is 0 Å². The number of urea groups is 1. The van der Waals surface area contributed by atoms with Gasteiger partial charge in [0.15, 0.2) is 0 Å². The Morgan fingerprint density at radius 2 is 1.70 bits per heavy atom. The Bertz CT molecular complexity index is 903. The van der Waals surface area contributed by atoms with E-state index in [4.69, 9.17) is 4.74 Å². The summed E-state index contributed by atoms with van der Waals surface area (Å²) in [5, 5.41) is 2.62.